The summed E-state index contributed by atoms with van der Waals surface area (Å²) >= 11 is 12.1. The maximum atomic E-state index is 10.6. The van der Waals surface area contributed by atoms with Crippen LogP contribution in [0.2, 0.25) is 10.0 Å². The highest BCUT2D eigenvalue weighted by Gasteiger charge is 2.41. The number of halogens is 2. The molecule has 1 unspecified atom stereocenters. The topological polar surface area (TPSA) is 38.7 Å². The maximum absolute atomic E-state index is 10.6. The zero-order valence-corrected chi connectivity index (χ0v) is 11.7. The van der Waals surface area contributed by atoms with Crippen LogP contribution < -0.4 is 0 Å². The number of aliphatic hydroxyl groups excluding tert-OH is 1. The van der Waals surface area contributed by atoms with Crippen LogP contribution in [0.25, 0.3) is 0 Å². The van der Waals surface area contributed by atoms with Crippen molar-refractivity contribution in [1.29, 1.82) is 0 Å². The normalized spacial score (nSPS) is 20.7. The van der Waals surface area contributed by atoms with Gasteiger partial charge >= 0.3 is 0 Å². The van der Waals surface area contributed by atoms with Gasteiger partial charge in [-0.25, -0.2) is 0 Å². The molecule has 1 fully saturated rings. The van der Waals surface area contributed by atoms with Crippen molar-refractivity contribution in [3.63, 3.8) is 0 Å². The number of benzene rings is 1. The van der Waals surface area contributed by atoms with Gasteiger partial charge in [-0.2, -0.15) is 0 Å². The first-order valence-corrected chi connectivity index (χ1v) is 6.60. The number of aliphatic hydroxyl groups is 1. The molecule has 18 heavy (non-hydrogen) atoms. The van der Waals surface area contributed by atoms with Gasteiger partial charge in [0.05, 0.1) is 0 Å². The standard InChI is InChI=1S/C13H16Cl2O3/c1-17-13(4-6-18-7-5-13)12(16)10-8-9(14)2-3-11(10)15/h2-3,8,12,16H,4-7H2,1H3. The third kappa shape index (κ3) is 2.65. The Morgan fingerprint density at radius 2 is 2.00 bits per heavy atom. The molecule has 0 aliphatic carbocycles. The molecule has 1 aromatic rings. The van der Waals surface area contributed by atoms with Crippen LogP contribution in [0.3, 0.4) is 0 Å². The van der Waals surface area contributed by atoms with Crippen molar-refractivity contribution < 1.29 is 14.6 Å². The minimum Gasteiger partial charge on any atom is -0.385 e. The molecule has 1 aromatic carbocycles. The molecule has 1 atom stereocenters. The fourth-order valence-corrected chi connectivity index (χ4v) is 2.72. The molecule has 2 rings (SSSR count). The maximum Gasteiger partial charge on any atom is 0.110 e. The lowest BCUT2D eigenvalue weighted by Crippen LogP contribution is -2.43. The number of methoxy groups -OCH3 is 1. The van der Waals surface area contributed by atoms with Crippen LogP contribution in [-0.2, 0) is 9.47 Å². The van der Waals surface area contributed by atoms with Crippen molar-refractivity contribution in [1.82, 2.24) is 0 Å². The van der Waals surface area contributed by atoms with E-state index in [1.54, 1.807) is 25.3 Å². The Morgan fingerprint density at radius 1 is 1.33 bits per heavy atom. The molecule has 1 aliphatic rings. The van der Waals surface area contributed by atoms with Gasteiger partial charge in [0.2, 0.25) is 0 Å². The van der Waals surface area contributed by atoms with Crippen molar-refractivity contribution in [2.24, 2.45) is 0 Å². The van der Waals surface area contributed by atoms with Gasteiger partial charge in [-0.05, 0) is 18.2 Å². The molecule has 1 heterocycles. The second-order valence-electron chi connectivity index (χ2n) is 4.45. The Kier molecular flexibility index (Phi) is 4.51. The van der Waals surface area contributed by atoms with Gasteiger partial charge < -0.3 is 14.6 Å². The van der Waals surface area contributed by atoms with Crippen molar-refractivity contribution in [2.45, 2.75) is 24.5 Å². The Hall–Kier alpha value is -0.320. The van der Waals surface area contributed by atoms with Crippen molar-refractivity contribution in [3.05, 3.63) is 33.8 Å². The largest absolute Gasteiger partial charge is 0.385 e. The van der Waals surface area contributed by atoms with Crippen LogP contribution in [0.4, 0.5) is 0 Å². The summed E-state index contributed by atoms with van der Waals surface area (Å²) < 4.78 is 10.9. The number of ether oxygens (including phenoxy) is 2. The lowest BCUT2D eigenvalue weighted by atomic mass is 9.84. The molecule has 0 amide bonds. The monoisotopic (exact) mass is 290 g/mol. The minimum absolute atomic E-state index is 0.495. The molecule has 5 heteroatoms. The van der Waals surface area contributed by atoms with E-state index in [0.29, 0.717) is 41.7 Å². The van der Waals surface area contributed by atoms with Crippen LogP contribution in [0, 0.1) is 0 Å². The van der Waals surface area contributed by atoms with E-state index in [4.69, 9.17) is 32.7 Å². The van der Waals surface area contributed by atoms with Crippen LogP contribution in [0.5, 0.6) is 0 Å². The predicted molar refractivity (Wildman–Crippen MR) is 71.2 cm³/mol. The van der Waals surface area contributed by atoms with Gasteiger partial charge in [0, 0.05) is 48.8 Å². The third-order valence-electron chi connectivity index (χ3n) is 3.50. The van der Waals surface area contributed by atoms with E-state index in [0.717, 1.165) is 0 Å². The van der Waals surface area contributed by atoms with E-state index < -0.39 is 11.7 Å². The highest BCUT2D eigenvalue weighted by Crippen LogP contribution is 2.40. The predicted octanol–water partition coefficient (Wildman–Crippen LogP) is 3.22. The van der Waals surface area contributed by atoms with Crippen molar-refractivity contribution >= 4 is 23.2 Å². The van der Waals surface area contributed by atoms with E-state index in [9.17, 15) is 5.11 Å². The second-order valence-corrected chi connectivity index (χ2v) is 5.29. The first kappa shape index (κ1) is 14.1. The summed E-state index contributed by atoms with van der Waals surface area (Å²) in [6.45, 7) is 1.15. The van der Waals surface area contributed by atoms with Gasteiger partial charge in [-0.1, -0.05) is 23.2 Å². The van der Waals surface area contributed by atoms with Gasteiger partial charge in [-0.15, -0.1) is 0 Å². The summed E-state index contributed by atoms with van der Waals surface area (Å²) in [7, 11) is 1.60. The molecular weight excluding hydrogens is 275 g/mol. The zero-order valence-electron chi connectivity index (χ0n) is 10.2. The SMILES string of the molecule is COC1(C(O)c2cc(Cl)ccc2Cl)CCOCC1. The molecule has 0 aromatic heterocycles. The summed E-state index contributed by atoms with van der Waals surface area (Å²) in [6.07, 6.45) is 0.457. The van der Waals surface area contributed by atoms with E-state index in [2.05, 4.69) is 0 Å². The first-order chi connectivity index (χ1) is 8.59. The molecule has 1 N–H and O–H groups in total. The van der Waals surface area contributed by atoms with E-state index in [-0.39, 0.29) is 0 Å². The Bertz CT molecular complexity index is 417. The van der Waals surface area contributed by atoms with Crippen LogP contribution in [0.15, 0.2) is 18.2 Å². The highest BCUT2D eigenvalue weighted by molar-refractivity contribution is 6.33. The minimum atomic E-state index is -0.808. The molecule has 0 bridgehead atoms. The van der Waals surface area contributed by atoms with Gasteiger partial charge in [0.25, 0.3) is 0 Å². The number of hydrogen-bond donors (Lipinski definition) is 1. The molecule has 0 saturated carbocycles. The average molecular weight is 291 g/mol. The fraction of sp³-hybridized carbons (Fsp3) is 0.538. The summed E-state index contributed by atoms with van der Waals surface area (Å²) in [5, 5.41) is 11.6. The quantitative estimate of drug-likeness (QED) is 0.929. The smallest absolute Gasteiger partial charge is 0.110 e. The summed E-state index contributed by atoms with van der Waals surface area (Å²) in [5.41, 5.74) is -0.0417. The Morgan fingerprint density at radius 3 is 2.61 bits per heavy atom. The van der Waals surface area contributed by atoms with Crippen LogP contribution in [-0.4, -0.2) is 31.0 Å². The summed E-state index contributed by atoms with van der Waals surface area (Å²) in [5.74, 6) is 0. The second kappa shape index (κ2) is 5.76. The lowest BCUT2D eigenvalue weighted by molar-refractivity contribution is -0.154. The van der Waals surface area contributed by atoms with Gasteiger partial charge in [0.1, 0.15) is 11.7 Å². The number of hydrogen-bond acceptors (Lipinski definition) is 3. The van der Waals surface area contributed by atoms with Crippen LogP contribution in [0.1, 0.15) is 24.5 Å². The molecular formula is C13H16Cl2O3. The first-order valence-electron chi connectivity index (χ1n) is 5.85. The summed E-state index contributed by atoms with van der Waals surface area (Å²) in [4.78, 5) is 0. The van der Waals surface area contributed by atoms with Crippen molar-refractivity contribution in [2.75, 3.05) is 20.3 Å². The van der Waals surface area contributed by atoms with E-state index in [1.165, 1.54) is 0 Å². The Labute approximate surface area is 117 Å². The summed E-state index contributed by atoms with van der Waals surface area (Å²) in [6, 6.07) is 5.07. The molecule has 3 nitrogen and oxygen atoms in total. The van der Waals surface area contributed by atoms with E-state index in [1.807, 2.05) is 0 Å². The lowest BCUT2D eigenvalue weighted by Gasteiger charge is -2.40. The molecule has 0 spiro atoms. The highest BCUT2D eigenvalue weighted by atomic mass is 35.5. The van der Waals surface area contributed by atoms with E-state index >= 15 is 0 Å². The average Bonchev–Trinajstić information content (AvgIpc) is 2.41. The van der Waals surface area contributed by atoms with Gasteiger partial charge in [-0.3, -0.25) is 0 Å². The number of rotatable bonds is 3. The Balaban J connectivity index is 2.33. The zero-order chi connectivity index (χ0) is 13.2. The fourth-order valence-electron chi connectivity index (χ4n) is 2.31. The third-order valence-corrected chi connectivity index (χ3v) is 4.08. The van der Waals surface area contributed by atoms with Crippen LogP contribution >= 0.6 is 23.2 Å². The molecule has 1 aliphatic heterocycles. The molecule has 1 saturated heterocycles. The molecule has 100 valence electrons. The van der Waals surface area contributed by atoms with Gasteiger partial charge in [0.15, 0.2) is 0 Å². The van der Waals surface area contributed by atoms with Crippen molar-refractivity contribution in [3.8, 4) is 0 Å². The molecule has 0 radical (unpaired) electrons.